The van der Waals surface area contributed by atoms with Crippen molar-refractivity contribution < 1.29 is 9.47 Å². The topological polar surface area (TPSA) is 33.7 Å². The number of rotatable bonds is 40. The van der Waals surface area contributed by atoms with Gasteiger partial charge >= 0.3 is 0 Å². The van der Waals surface area contributed by atoms with Gasteiger partial charge in [0.2, 0.25) is 0 Å². The Bertz CT molecular complexity index is 785. The van der Waals surface area contributed by atoms with E-state index in [1.165, 1.54) is 180 Å². The van der Waals surface area contributed by atoms with Crippen molar-refractivity contribution in [3.05, 3.63) is 48.6 Å². The molecule has 51 heavy (non-hydrogen) atoms. The van der Waals surface area contributed by atoms with Gasteiger partial charge in [-0.2, -0.15) is 0 Å². The maximum Gasteiger partial charge on any atom is 0.0820 e. The number of hydrogen-bond donors (Lipinski definition) is 1. The first-order chi connectivity index (χ1) is 25.4. The number of likely N-dealkylation sites (tertiary alicyclic amines) is 1. The van der Waals surface area contributed by atoms with Crippen molar-refractivity contribution in [2.24, 2.45) is 0 Å². The van der Waals surface area contributed by atoms with E-state index in [0.717, 1.165) is 52.2 Å². The summed E-state index contributed by atoms with van der Waals surface area (Å²) in [6.45, 7) is 13.0. The molecule has 0 radical (unpaired) electrons. The molecule has 1 N–H and O–H groups in total. The summed E-state index contributed by atoms with van der Waals surface area (Å²) in [5.74, 6) is 0. The second-order valence-corrected chi connectivity index (χ2v) is 15.2. The van der Waals surface area contributed by atoms with Crippen LogP contribution in [0.3, 0.4) is 0 Å². The summed E-state index contributed by atoms with van der Waals surface area (Å²) in [5, 5.41) is 3.68. The minimum absolute atomic E-state index is 0.221. The summed E-state index contributed by atoms with van der Waals surface area (Å²) in [6.07, 6.45) is 55.0. The number of unbranched alkanes of at least 4 members (excludes halogenated alkanes) is 18. The summed E-state index contributed by atoms with van der Waals surface area (Å²) in [5.41, 5.74) is 0. The van der Waals surface area contributed by atoms with E-state index < -0.39 is 0 Å². The maximum absolute atomic E-state index is 6.39. The van der Waals surface area contributed by atoms with Crippen LogP contribution < -0.4 is 5.32 Å². The van der Waals surface area contributed by atoms with Crippen LogP contribution in [-0.2, 0) is 9.47 Å². The van der Waals surface area contributed by atoms with Gasteiger partial charge in [0.05, 0.1) is 12.7 Å². The zero-order valence-corrected chi connectivity index (χ0v) is 34.4. The van der Waals surface area contributed by atoms with Gasteiger partial charge in [0.15, 0.2) is 0 Å². The van der Waals surface area contributed by atoms with Gasteiger partial charge in [0.1, 0.15) is 0 Å². The molecule has 1 fully saturated rings. The van der Waals surface area contributed by atoms with Gasteiger partial charge in [-0.1, -0.05) is 140 Å². The Kier molecular flexibility index (Phi) is 39.0. The van der Waals surface area contributed by atoms with Gasteiger partial charge < -0.3 is 19.7 Å². The van der Waals surface area contributed by atoms with Crippen LogP contribution in [0.25, 0.3) is 0 Å². The van der Waals surface area contributed by atoms with E-state index >= 15 is 0 Å². The average Bonchev–Trinajstić information content (AvgIpc) is 3.67. The first kappa shape index (κ1) is 47.8. The molecular formula is C47H88N2O2. The average molecular weight is 713 g/mol. The summed E-state index contributed by atoms with van der Waals surface area (Å²) < 4.78 is 12.5. The summed E-state index contributed by atoms with van der Waals surface area (Å²) in [6, 6.07) is 0. The van der Waals surface area contributed by atoms with Crippen LogP contribution >= 0.6 is 0 Å². The monoisotopic (exact) mass is 713 g/mol. The predicted molar refractivity (Wildman–Crippen MR) is 227 cm³/mol. The Morgan fingerprint density at radius 1 is 0.510 bits per heavy atom. The minimum atomic E-state index is 0.221. The zero-order chi connectivity index (χ0) is 36.4. The minimum Gasteiger partial charge on any atom is -0.379 e. The molecule has 1 aliphatic heterocycles. The second-order valence-electron chi connectivity index (χ2n) is 15.2. The van der Waals surface area contributed by atoms with Crippen LogP contribution in [0, 0.1) is 0 Å². The van der Waals surface area contributed by atoms with Gasteiger partial charge in [-0.15, -0.1) is 0 Å². The fourth-order valence-corrected chi connectivity index (χ4v) is 6.78. The Hall–Kier alpha value is -1.20. The summed E-state index contributed by atoms with van der Waals surface area (Å²) in [7, 11) is 0. The van der Waals surface area contributed by atoms with E-state index in [0.29, 0.717) is 0 Å². The first-order valence-corrected chi connectivity index (χ1v) is 22.6. The SMILES string of the molecule is CCCCC/C=C\C/C=C\CCCCCCCCOCC(CCNCCCN1CCCC1)OCCCCCCCC/C=C\C/C=C\CCCCC. The van der Waals surface area contributed by atoms with Gasteiger partial charge in [0, 0.05) is 13.2 Å². The molecule has 1 aliphatic rings. The van der Waals surface area contributed by atoms with Crippen molar-refractivity contribution >= 4 is 0 Å². The molecule has 1 unspecified atom stereocenters. The number of ether oxygens (including phenoxy) is 2. The first-order valence-electron chi connectivity index (χ1n) is 22.6. The van der Waals surface area contributed by atoms with Crippen LogP contribution in [0.2, 0.25) is 0 Å². The third-order valence-electron chi connectivity index (χ3n) is 10.2. The van der Waals surface area contributed by atoms with Crippen molar-refractivity contribution in [1.82, 2.24) is 10.2 Å². The molecule has 0 aromatic rings. The van der Waals surface area contributed by atoms with E-state index in [9.17, 15) is 0 Å². The van der Waals surface area contributed by atoms with Crippen LogP contribution in [0.15, 0.2) is 48.6 Å². The largest absolute Gasteiger partial charge is 0.379 e. The molecule has 1 heterocycles. The number of nitrogens with one attached hydrogen (secondary N) is 1. The molecule has 0 bridgehead atoms. The molecule has 0 aliphatic carbocycles. The molecule has 0 amide bonds. The lowest BCUT2D eigenvalue weighted by Crippen LogP contribution is -2.29. The molecule has 0 saturated carbocycles. The van der Waals surface area contributed by atoms with Crippen LogP contribution in [0.1, 0.15) is 194 Å². The molecule has 1 rings (SSSR count). The van der Waals surface area contributed by atoms with Gasteiger partial charge in [-0.05, 0) is 135 Å². The molecule has 0 spiro atoms. The highest BCUT2D eigenvalue weighted by molar-refractivity contribution is 4.93. The van der Waals surface area contributed by atoms with Crippen LogP contribution in [0.5, 0.6) is 0 Å². The normalized spacial score (nSPS) is 14.9. The highest BCUT2D eigenvalue weighted by Crippen LogP contribution is 2.12. The summed E-state index contributed by atoms with van der Waals surface area (Å²) >= 11 is 0. The van der Waals surface area contributed by atoms with Gasteiger partial charge in [-0.3, -0.25) is 0 Å². The Balaban J connectivity index is 2.07. The number of allylic oxidation sites excluding steroid dienone is 8. The third-order valence-corrected chi connectivity index (χ3v) is 10.2. The van der Waals surface area contributed by atoms with E-state index in [4.69, 9.17) is 9.47 Å². The smallest absolute Gasteiger partial charge is 0.0820 e. The predicted octanol–water partition coefficient (Wildman–Crippen LogP) is 13.5. The molecule has 0 aromatic carbocycles. The number of hydrogen-bond acceptors (Lipinski definition) is 4. The van der Waals surface area contributed by atoms with E-state index in [1.54, 1.807) is 0 Å². The zero-order valence-electron chi connectivity index (χ0n) is 34.4. The van der Waals surface area contributed by atoms with Crippen molar-refractivity contribution in [2.45, 2.75) is 200 Å². The second kappa shape index (κ2) is 41.6. The molecule has 298 valence electrons. The Labute approximate surface area is 319 Å². The van der Waals surface area contributed by atoms with Crippen LogP contribution in [0.4, 0.5) is 0 Å². The van der Waals surface area contributed by atoms with Crippen molar-refractivity contribution in [3.8, 4) is 0 Å². The molecule has 1 saturated heterocycles. The molecule has 0 aromatic heterocycles. The lowest BCUT2D eigenvalue weighted by atomic mass is 10.1. The molecule has 4 heteroatoms. The Morgan fingerprint density at radius 2 is 0.980 bits per heavy atom. The van der Waals surface area contributed by atoms with Gasteiger partial charge in [-0.25, -0.2) is 0 Å². The van der Waals surface area contributed by atoms with E-state index in [1.807, 2.05) is 0 Å². The van der Waals surface area contributed by atoms with Crippen LogP contribution in [-0.4, -0.2) is 63.5 Å². The van der Waals surface area contributed by atoms with Crippen molar-refractivity contribution in [1.29, 1.82) is 0 Å². The number of nitrogens with zero attached hydrogens (tertiary/aromatic N) is 1. The molecule has 1 atom stereocenters. The van der Waals surface area contributed by atoms with E-state index in [2.05, 4.69) is 72.7 Å². The van der Waals surface area contributed by atoms with Gasteiger partial charge in [0.25, 0.3) is 0 Å². The van der Waals surface area contributed by atoms with Crippen molar-refractivity contribution in [2.75, 3.05) is 52.5 Å². The highest BCUT2D eigenvalue weighted by Gasteiger charge is 2.11. The van der Waals surface area contributed by atoms with Crippen molar-refractivity contribution in [3.63, 3.8) is 0 Å². The lowest BCUT2D eigenvalue weighted by molar-refractivity contribution is -0.0220. The summed E-state index contributed by atoms with van der Waals surface area (Å²) in [4.78, 5) is 2.61. The standard InChI is InChI=1S/C47H88N2O2/c1-3-5-7-9-11-13-15-17-19-21-23-25-27-29-31-35-44-50-46-47(38-40-48-39-37-43-49-41-33-34-42-49)51-45-36-32-30-28-26-24-22-20-18-16-14-12-10-8-6-4-2/h11-14,17-20,47-48H,3-10,15-16,21-46H2,1-2H3/b13-11-,14-12-,19-17-,20-18-. The third kappa shape index (κ3) is 36.9. The van der Waals surface area contributed by atoms with E-state index in [-0.39, 0.29) is 6.10 Å². The molecule has 4 nitrogen and oxygen atoms in total. The highest BCUT2D eigenvalue weighted by atomic mass is 16.5. The maximum atomic E-state index is 6.39. The Morgan fingerprint density at radius 3 is 1.51 bits per heavy atom. The fourth-order valence-electron chi connectivity index (χ4n) is 6.78. The lowest BCUT2D eigenvalue weighted by Gasteiger charge is -2.19. The molecular weight excluding hydrogens is 625 g/mol. The quantitative estimate of drug-likeness (QED) is 0.0506. The fraction of sp³-hybridized carbons (Fsp3) is 0.830.